The first-order valence-corrected chi connectivity index (χ1v) is 20.6. The maximum atomic E-state index is 5.32. The summed E-state index contributed by atoms with van der Waals surface area (Å²) in [5.74, 6) is 8.35. The second kappa shape index (κ2) is 14.0. The Hall–Kier alpha value is -5.88. The van der Waals surface area contributed by atoms with Crippen LogP contribution < -0.4 is 0 Å². The molecule has 6 atom stereocenters. The molecule has 0 aliphatic heterocycles. The van der Waals surface area contributed by atoms with Crippen LogP contribution >= 0.6 is 0 Å². The molecule has 6 nitrogen and oxygen atoms in total. The molecule has 4 fully saturated rings. The van der Waals surface area contributed by atoms with Gasteiger partial charge in [0.2, 0.25) is 0 Å². The van der Waals surface area contributed by atoms with Gasteiger partial charge in [-0.1, -0.05) is 122 Å². The van der Waals surface area contributed by atoms with Crippen LogP contribution in [0.1, 0.15) is 74.3 Å². The van der Waals surface area contributed by atoms with Gasteiger partial charge in [-0.15, -0.1) is 0 Å². The van der Waals surface area contributed by atoms with Gasteiger partial charge in [0.1, 0.15) is 0 Å². The minimum absolute atomic E-state index is 0.491. The van der Waals surface area contributed by atoms with E-state index in [2.05, 4.69) is 91.0 Å². The summed E-state index contributed by atoms with van der Waals surface area (Å²) in [5, 5.41) is 0. The van der Waals surface area contributed by atoms with E-state index in [4.69, 9.17) is 29.9 Å². The van der Waals surface area contributed by atoms with Crippen LogP contribution in [0.3, 0.4) is 0 Å². The Balaban J connectivity index is 1.08. The third kappa shape index (κ3) is 6.31. The standard InChI is InChI=1S/C50H44N6/c1-4-11-33(12-5-1)45-51-46(34-13-6-2-7-14-34)54-49(53-45)41-28-40(44-26-32-20-22-38(44)24-32)29-42(30-41)50-55-47(35-15-8-3-9-16-35)52-48(56-50)39-18-10-17-36(27-39)43-25-31-19-21-37(43)23-31/h1-18,27-32,37-38,43-44H,19-26H2. The molecule has 4 aliphatic rings. The first kappa shape index (κ1) is 33.5. The van der Waals surface area contributed by atoms with Crippen molar-refractivity contribution in [3.63, 3.8) is 0 Å². The molecule has 2 heterocycles. The number of nitrogens with zero attached hydrogens (tertiary/aromatic N) is 6. The largest absolute Gasteiger partial charge is 0.208 e. The van der Waals surface area contributed by atoms with Gasteiger partial charge in [0.05, 0.1) is 0 Å². The van der Waals surface area contributed by atoms with Crippen LogP contribution in [0.4, 0.5) is 0 Å². The van der Waals surface area contributed by atoms with Gasteiger partial charge in [-0.05, 0) is 109 Å². The summed E-state index contributed by atoms with van der Waals surface area (Å²) in [4.78, 5) is 31.0. The smallest absolute Gasteiger partial charge is 0.164 e. The Morgan fingerprint density at radius 3 is 1.09 bits per heavy atom. The van der Waals surface area contributed by atoms with Crippen LogP contribution in [-0.4, -0.2) is 29.9 Å². The molecular formula is C50H44N6. The van der Waals surface area contributed by atoms with Crippen molar-refractivity contribution in [2.24, 2.45) is 23.7 Å². The van der Waals surface area contributed by atoms with Crippen LogP contribution in [0.2, 0.25) is 0 Å². The minimum Gasteiger partial charge on any atom is -0.208 e. The zero-order valence-electron chi connectivity index (χ0n) is 31.5. The molecular weight excluding hydrogens is 685 g/mol. The van der Waals surface area contributed by atoms with E-state index in [1.54, 1.807) is 0 Å². The summed E-state index contributed by atoms with van der Waals surface area (Å²) in [5.41, 5.74) is 8.62. The van der Waals surface area contributed by atoms with E-state index in [1.165, 1.54) is 62.5 Å². The zero-order valence-corrected chi connectivity index (χ0v) is 31.5. The molecule has 6 heteroatoms. The van der Waals surface area contributed by atoms with Gasteiger partial charge in [-0.2, -0.15) is 0 Å². The molecule has 2 aromatic heterocycles. The van der Waals surface area contributed by atoms with Gasteiger partial charge >= 0.3 is 0 Å². The van der Waals surface area contributed by atoms with Crippen molar-refractivity contribution < 1.29 is 0 Å². The molecule has 6 unspecified atom stereocenters. The average Bonchev–Trinajstić information content (AvgIpc) is 4.12. The van der Waals surface area contributed by atoms with Crippen molar-refractivity contribution >= 4 is 0 Å². The Labute approximate surface area is 328 Å². The predicted octanol–water partition coefficient (Wildman–Crippen LogP) is 11.9. The fourth-order valence-corrected chi connectivity index (χ4v) is 10.6. The molecule has 5 aromatic carbocycles. The lowest BCUT2D eigenvalue weighted by Gasteiger charge is -2.23. The summed E-state index contributed by atoms with van der Waals surface area (Å²) < 4.78 is 0. The molecule has 0 amide bonds. The Bertz CT molecular complexity index is 2480. The van der Waals surface area contributed by atoms with Crippen LogP contribution in [-0.2, 0) is 0 Å². The van der Waals surface area contributed by atoms with Crippen LogP contribution in [0.25, 0.3) is 68.3 Å². The van der Waals surface area contributed by atoms with Gasteiger partial charge < -0.3 is 0 Å². The Morgan fingerprint density at radius 1 is 0.304 bits per heavy atom. The summed E-state index contributed by atoms with van der Waals surface area (Å²) in [7, 11) is 0. The molecule has 7 aromatic rings. The lowest BCUT2D eigenvalue weighted by atomic mass is 9.82. The number of aromatic nitrogens is 6. The van der Waals surface area contributed by atoms with E-state index in [9.17, 15) is 0 Å². The molecule has 4 saturated carbocycles. The molecule has 0 radical (unpaired) electrons. The third-order valence-corrected chi connectivity index (χ3v) is 13.3. The number of benzene rings is 5. The molecule has 0 spiro atoms. The summed E-state index contributed by atoms with van der Waals surface area (Å²) >= 11 is 0. The maximum Gasteiger partial charge on any atom is 0.164 e. The second-order valence-corrected chi connectivity index (χ2v) is 16.7. The summed E-state index contributed by atoms with van der Waals surface area (Å²) in [6.45, 7) is 0. The van der Waals surface area contributed by atoms with E-state index in [0.717, 1.165) is 51.1 Å². The second-order valence-electron chi connectivity index (χ2n) is 16.7. The lowest BCUT2D eigenvalue weighted by molar-refractivity contribution is 0.420. The van der Waals surface area contributed by atoms with Crippen LogP contribution in [0.5, 0.6) is 0 Å². The normalized spacial score (nSPS) is 23.5. The number of hydrogen-bond donors (Lipinski definition) is 0. The molecule has 0 saturated heterocycles. The van der Waals surface area contributed by atoms with Crippen molar-refractivity contribution in [1.82, 2.24) is 29.9 Å². The predicted molar refractivity (Wildman–Crippen MR) is 222 cm³/mol. The van der Waals surface area contributed by atoms with Crippen molar-refractivity contribution in [3.8, 4) is 68.3 Å². The monoisotopic (exact) mass is 728 g/mol. The van der Waals surface area contributed by atoms with Crippen molar-refractivity contribution in [2.75, 3.05) is 0 Å². The van der Waals surface area contributed by atoms with Gasteiger partial charge in [-0.25, -0.2) is 29.9 Å². The van der Waals surface area contributed by atoms with Crippen LogP contribution in [0, 0.1) is 23.7 Å². The minimum atomic E-state index is 0.491. The number of fused-ring (bicyclic) bond motifs is 4. The lowest BCUT2D eigenvalue weighted by Crippen LogP contribution is -2.10. The van der Waals surface area contributed by atoms with Gasteiger partial charge in [-0.3, -0.25) is 0 Å². The molecule has 4 bridgehead atoms. The highest BCUT2D eigenvalue weighted by Crippen LogP contribution is 2.54. The molecule has 274 valence electrons. The summed E-state index contributed by atoms with van der Waals surface area (Å²) in [6.07, 6.45) is 10.6. The SMILES string of the molecule is c1ccc(-c2nc(-c3ccccc3)nc(-c3cc(-c4nc(-c5ccccc5)nc(-c5cccc(C6CC7CCC6C7)c5)n4)cc(C4CC5CCC4C5)c3)n2)cc1. The van der Waals surface area contributed by atoms with Crippen molar-refractivity contribution in [2.45, 2.75) is 63.2 Å². The van der Waals surface area contributed by atoms with E-state index >= 15 is 0 Å². The third-order valence-electron chi connectivity index (χ3n) is 13.3. The fraction of sp³-hybridized carbons (Fsp3) is 0.280. The summed E-state index contributed by atoms with van der Waals surface area (Å²) in [6, 6.07) is 46.7. The highest BCUT2D eigenvalue weighted by Gasteiger charge is 2.41. The molecule has 4 aliphatic carbocycles. The topological polar surface area (TPSA) is 77.3 Å². The van der Waals surface area contributed by atoms with Crippen LogP contribution in [0.15, 0.2) is 133 Å². The number of rotatable bonds is 8. The first-order chi connectivity index (χ1) is 27.7. The quantitative estimate of drug-likeness (QED) is 0.155. The highest BCUT2D eigenvalue weighted by atomic mass is 15.0. The van der Waals surface area contributed by atoms with E-state index in [-0.39, 0.29) is 0 Å². The fourth-order valence-electron chi connectivity index (χ4n) is 10.6. The molecule has 0 N–H and O–H groups in total. The highest BCUT2D eigenvalue weighted by molar-refractivity contribution is 5.73. The average molecular weight is 729 g/mol. The maximum absolute atomic E-state index is 5.32. The van der Waals surface area contributed by atoms with Gasteiger partial charge in [0.15, 0.2) is 34.9 Å². The van der Waals surface area contributed by atoms with Crippen molar-refractivity contribution in [1.29, 1.82) is 0 Å². The van der Waals surface area contributed by atoms with E-state index in [0.29, 0.717) is 52.7 Å². The van der Waals surface area contributed by atoms with Gasteiger partial charge in [0.25, 0.3) is 0 Å². The van der Waals surface area contributed by atoms with E-state index < -0.39 is 0 Å². The Kier molecular flexibility index (Phi) is 8.37. The molecule has 56 heavy (non-hydrogen) atoms. The van der Waals surface area contributed by atoms with Gasteiger partial charge in [0, 0.05) is 33.4 Å². The first-order valence-electron chi connectivity index (χ1n) is 20.6. The van der Waals surface area contributed by atoms with E-state index in [1.807, 2.05) is 42.5 Å². The van der Waals surface area contributed by atoms with Crippen molar-refractivity contribution in [3.05, 3.63) is 145 Å². The zero-order chi connectivity index (χ0) is 37.0. The molecule has 11 rings (SSSR count). The number of hydrogen-bond acceptors (Lipinski definition) is 6. The Morgan fingerprint density at radius 2 is 0.679 bits per heavy atom.